The van der Waals surface area contributed by atoms with Gasteiger partial charge in [0.15, 0.2) is 22.9 Å². The molecule has 0 saturated carbocycles. The van der Waals surface area contributed by atoms with E-state index in [9.17, 15) is 14.4 Å². The Balaban J connectivity index is 0.000000210. The lowest BCUT2D eigenvalue weighted by Gasteiger charge is -2.26. The second-order valence-electron chi connectivity index (χ2n) is 13.9. The van der Waals surface area contributed by atoms with Gasteiger partial charge in [-0.15, -0.1) is 10.2 Å². The van der Waals surface area contributed by atoms with Gasteiger partial charge in [0.1, 0.15) is 23.1 Å². The van der Waals surface area contributed by atoms with E-state index in [1.807, 2.05) is 76.2 Å². The van der Waals surface area contributed by atoms with Crippen LogP contribution >= 0.6 is 0 Å². The number of aromatic nitrogens is 6. The maximum atomic E-state index is 12.0. The van der Waals surface area contributed by atoms with E-state index in [1.165, 1.54) is 0 Å². The summed E-state index contributed by atoms with van der Waals surface area (Å²) in [5, 5.41) is 14.8. The van der Waals surface area contributed by atoms with E-state index in [0.717, 1.165) is 36.5 Å². The number of benzene rings is 2. The zero-order valence-corrected chi connectivity index (χ0v) is 35.1. The molecule has 2 aliphatic heterocycles. The van der Waals surface area contributed by atoms with Gasteiger partial charge < -0.3 is 29.6 Å². The zero-order chi connectivity index (χ0) is 43.0. The summed E-state index contributed by atoms with van der Waals surface area (Å²) < 4.78 is 25.1. The highest BCUT2D eigenvalue weighted by atomic mass is 16.5. The van der Waals surface area contributed by atoms with Crippen LogP contribution in [0.25, 0.3) is 11.3 Å². The Bertz CT molecular complexity index is 2220. The minimum atomic E-state index is -0.0875. The number of allylic oxidation sites excluding steroid dienone is 1. The van der Waals surface area contributed by atoms with E-state index < -0.39 is 0 Å². The van der Waals surface area contributed by atoms with Crippen LogP contribution < -0.4 is 20.1 Å². The van der Waals surface area contributed by atoms with Gasteiger partial charge in [-0.2, -0.15) is 0 Å². The summed E-state index contributed by atoms with van der Waals surface area (Å²) >= 11 is 0. The van der Waals surface area contributed by atoms with Gasteiger partial charge in [-0.25, -0.2) is 19.0 Å². The van der Waals surface area contributed by atoms with Crippen molar-refractivity contribution >= 4 is 40.4 Å². The van der Waals surface area contributed by atoms with Gasteiger partial charge in [0, 0.05) is 48.9 Å². The third-order valence-electron chi connectivity index (χ3n) is 8.73. The van der Waals surface area contributed by atoms with Crippen LogP contribution in [0, 0.1) is 11.8 Å². The van der Waals surface area contributed by atoms with Crippen molar-refractivity contribution in [1.29, 1.82) is 0 Å². The maximum Gasteiger partial charge on any atom is 0.237 e. The summed E-state index contributed by atoms with van der Waals surface area (Å²) in [5.74, 6) is 4.14. The predicted octanol–water partition coefficient (Wildman–Crippen LogP) is 8.30. The van der Waals surface area contributed by atoms with Gasteiger partial charge in [-0.05, 0) is 67.8 Å². The summed E-state index contributed by atoms with van der Waals surface area (Å²) in [7, 11) is 0. The number of fused-ring (bicyclic) bond motifs is 2. The molecular formula is C45H54N8O7. The Morgan fingerprint density at radius 3 is 1.55 bits per heavy atom. The number of hydrogen-bond donors (Lipinski definition) is 2. The normalized spacial score (nSPS) is 13.2. The molecule has 8 rings (SSSR count). The summed E-state index contributed by atoms with van der Waals surface area (Å²) in [6.45, 7) is 18.0. The Kier molecular flexibility index (Phi) is 16.4. The van der Waals surface area contributed by atoms with E-state index in [1.54, 1.807) is 59.5 Å². The number of ketones is 2. The Morgan fingerprint density at radius 1 is 0.667 bits per heavy atom. The second kappa shape index (κ2) is 22.1. The molecule has 0 unspecified atom stereocenters. The molecule has 0 spiro atoms. The highest BCUT2D eigenvalue weighted by molar-refractivity contribution is 5.90. The SMILES string of the molecule is C=C(CC1COC1)Nc1cn2nc(Oc3cccc(CC(C)=O)c3)ccc2n1.CC.CC.CC(=O)Cc1cccc(Oc2ccc3nc(NC(=O)CC4COC4)cn3n2)c1. The molecule has 6 heterocycles. The molecule has 0 bridgehead atoms. The molecule has 1 amide bonds. The van der Waals surface area contributed by atoms with Crippen LogP contribution in [-0.4, -0.2) is 73.1 Å². The monoisotopic (exact) mass is 818 g/mol. The molecule has 0 radical (unpaired) electrons. The number of carbonyl (C=O) groups is 3. The largest absolute Gasteiger partial charge is 0.438 e. The van der Waals surface area contributed by atoms with E-state index in [4.69, 9.17) is 18.9 Å². The molecule has 2 fully saturated rings. The fourth-order valence-corrected chi connectivity index (χ4v) is 6.05. The smallest absolute Gasteiger partial charge is 0.237 e. The van der Waals surface area contributed by atoms with E-state index in [0.29, 0.717) is 84.6 Å². The molecule has 0 atom stereocenters. The predicted molar refractivity (Wildman–Crippen MR) is 230 cm³/mol. The van der Waals surface area contributed by atoms with Crippen LogP contribution in [0.1, 0.15) is 65.5 Å². The van der Waals surface area contributed by atoms with Gasteiger partial charge in [0.25, 0.3) is 0 Å². The van der Waals surface area contributed by atoms with Crippen molar-refractivity contribution in [3.05, 3.63) is 109 Å². The molecule has 15 heteroatoms. The summed E-state index contributed by atoms with van der Waals surface area (Å²) in [4.78, 5) is 43.5. The number of rotatable bonds is 15. The van der Waals surface area contributed by atoms with E-state index in [-0.39, 0.29) is 23.4 Å². The number of ether oxygens (including phenoxy) is 4. The summed E-state index contributed by atoms with van der Waals surface area (Å²) in [6.07, 6.45) is 5.48. The van der Waals surface area contributed by atoms with Gasteiger partial charge in [-0.3, -0.25) is 14.4 Å². The number of anilines is 2. The number of carbonyl (C=O) groups excluding carboxylic acids is 3. The second-order valence-corrected chi connectivity index (χ2v) is 13.9. The number of Topliss-reactive ketones (excluding diaryl/α,β-unsaturated/α-hetero) is 2. The van der Waals surface area contributed by atoms with Crippen molar-refractivity contribution < 1.29 is 33.3 Å². The van der Waals surface area contributed by atoms with Crippen LogP contribution in [-0.2, 0) is 36.7 Å². The lowest BCUT2D eigenvalue weighted by molar-refractivity contribution is -0.121. The molecule has 15 nitrogen and oxygen atoms in total. The number of hydrogen-bond acceptors (Lipinski definition) is 12. The fourth-order valence-electron chi connectivity index (χ4n) is 6.05. The third-order valence-corrected chi connectivity index (χ3v) is 8.73. The van der Waals surface area contributed by atoms with Gasteiger partial charge in [-0.1, -0.05) is 58.5 Å². The average molecular weight is 819 g/mol. The van der Waals surface area contributed by atoms with Crippen molar-refractivity contribution in [2.75, 3.05) is 37.1 Å². The Hall–Kier alpha value is -6.45. The van der Waals surface area contributed by atoms with Crippen LogP contribution in [0.2, 0.25) is 0 Å². The molecule has 4 aromatic heterocycles. The van der Waals surface area contributed by atoms with Crippen molar-refractivity contribution in [2.45, 2.75) is 67.2 Å². The fraction of sp³-hybridized carbons (Fsp3) is 0.356. The number of nitrogens with zero attached hydrogens (tertiary/aromatic N) is 6. The minimum absolute atomic E-state index is 0.0875. The first kappa shape index (κ1) is 44.6. The first-order valence-electron chi connectivity index (χ1n) is 20.3. The summed E-state index contributed by atoms with van der Waals surface area (Å²) in [6, 6.07) is 21.9. The van der Waals surface area contributed by atoms with Gasteiger partial charge >= 0.3 is 0 Å². The van der Waals surface area contributed by atoms with Crippen molar-refractivity contribution in [3.8, 4) is 23.3 Å². The number of imidazole rings is 2. The molecule has 2 N–H and O–H groups in total. The third kappa shape index (κ3) is 13.3. The van der Waals surface area contributed by atoms with Crippen LogP contribution in [0.5, 0.6) is 23.3 Å². The molecule has 0 aliphatic carbocycles. The number of nitrogens with one attached hydrogen (secondary N) is 2. The molecule has 2 saturated heterocycles. The van der Waals surface area contributed by atoms with Crippen molar-refractivity contribution in [1.82, 2.24) is 29.2 Å². The van der Waals surface area contributed by atoms with Crippen molar-refractivity contribution in [3.63, 3.8) is 0 Å². The molecule has 316 valence electrons. The Labute approximate surface area is 350 Å². The minimum Gasteiger partial charge on any atom is -0.438 e. The first-order chi connectivity index (χ1) is 29.1. The molecule has 60 heavy (non-hydrogen) atoms. The lowest BCUT2D eigenvalue weighted by Crippen LogP contribution is -2.31. The standard InChI is InChI=1S/C21H22N4O3.C20H20N4O4.2C2H6/c1-14(8-17-12-27-13-17)22-19-11-25-20(23-19)6-7-21(24-25)28-18-5-3-4-16(10-18)9-15(2)26;1-13(25)7-14-3-2-4-16(8-14)28-20-6-5-18-21-17(10-24(18)23-20)22-19(26)9-15-11-27-12-15;2*1-2/h3-7,10-11,17,22H,1,8-9,12-13H2,2H3;2-6,8,10,15H,7,9,11-12H2,1H3,(H,22,26);2*1-2H3. The summed E-state index contributed by atoms with van der Waals surface area (Å²) in [5.41, 5.74) is 4.02. The van der Waals surface area contributed by atoms with Crippen molar-refractivity contribution in [2.24, 2.45) is 11.8 Å². The van der Waals surface area contributed by atoms with E-state index in [2.05, 4.69) is 37.4 Å². The highest BCUT2D eigenvalue weighted by Gasteiger charge is 2.22. The van der Waals surface area contributed by atoms with Crippen LogP contribution in [0.4, 0.5) is 11.6 Å². The molecular weight excluding hydrogens is 765 g/mol. The van der Waals surface area contributed by atoms with E-state index >= 15 is 0 Å². The molecule has 2 aliphatic rings. The van der Waals surface area contributed by atoms with Crippen LogP contribution in [0.15, 0.2) is 97.5 Å². The molecule has 6 aromatic rings. The highest BCUT2D eigenvalue weighted by Crippen LogP contribution is 2.25. The topological polar surface area (TPSA) is 173 Å². The first-order valence-corrected chi connectivity index (χ1v) is 20.3. The van der Waals surface area contributed by atoms with Gasteiger partial charge in [0.05, 0.1) is 38.8 Å². The maximum absolute atomic E-state index is 12.0. The molecule has 2 aromatic carbocycles. The average Bonchev–Trinajstić information content (AvgIpc) is 3.78. The quantitative estimate of drug-likeness (QED) is 0.102. The Morgan fingerprint density at radius 2 is 1.12 bits per heavy atom. The number of amides is 1. The van der Waals surface area contributed by atoms with Crippen LogP contribution in [0.3, 0.4) is 0 Å². The zero-order valence-electron chi connectivity index (χ0n) is 35.1. The van der Waals surface area contributed by atoms with Gasteiger partial charge in [0.2, 0.25) is 17.7 Å². The lowest BCUT2D eigenvalue weighted by atomic mass is 10.0.